The van der Waals surface area contributed by atoms with Crippen molar-refractivity contribution >= 4 is 23.3 Å². The molecule has 0 bridgehead atoms. The van der Waals surface area contributed by atoms with Crippen LogP contribution in [0.5, 0.6) is 0 Å². The van der Waals surface area contributed by atoms with Gasteiger partial charge < -0.3 is 10.6 Å². The van der Waals surface area contributed by atoms with Crippen molar-refractivity contribution in [2.75, 3.05) is 5.32 Å². The number of carbonyl (C=O) groups is 3. The molecule has 0 radical (unpaired) electrons. The van der Waals surface area contributed by atoms with Gasteiger partial charge in [0.25, 0.3) is 5.91 Å². The molecule has 130 valence electrons. The lowest BCUT2D eigenvalue weighted by Gasteiger charge is -2.14. The zero-order valence-electron chi connectivity index (χ0n) is 14.0. The van der Waals surface area contributed by atoms with Gasteiger partial charge in [0.1, 0.15) is 5.82 Å². The van der Waals surface area contributed by atoms with Crippen molar-refractivity contribution in [1.82, 2.24) is 5.32 Å². The molecular formula is C19H19FN2O3. The molecule has 6 heteroatoms. The van der Waals surface area contributed by atoms with Gasteiger partial charge in [0, 0.05) is 30.5 Å². The Balaban J connectivity index is 2.01. The van der Waals surface area contributed by atoms with E-state index in [1.165, 1.54) is 19.1 Å². The number of anilines is 1. The van der Waals surface area contributed by atoms with Crippen molar-refractivity contribution in [2.45, 2.75) is 26.3 Å². The molecule has 2 aromatic carbocycles. The predicted molar refractivity (Wildman–Crippen MR) is 93.0 cm³/mol. The Morgan fingerprint density at radius 3 is 2.36 bits per heavy atom. The Labute approximate surface area is 145 Å². The van der Waals surface area contributed by atoms with Gasteiger partial charge in [-0.3, -0.25) is 14.4 Å². The second kappa shape index (κ2) is 8.19. The molecule has 2 aromatic rings. The summed E-state index contributed by atoms with van der Waals surface area (Å²) in [6, 6.07) is 12.1. The molecule has 2 amide bonds. The molecule has 2 rings (SSSR count). The molecule has 1 atom stereocenters. The second-order valence-electron chi connectivity index (χ2n) is 5.74. The van der Waals surface area contributed by atoms with Crippen molar-refractivity contribution in [3.05, 3.63) is 65.5 Å². The van der Waals surface area contributed by atoms with E-state index in [9.17, 15) is 18.8 Å². The van der Waals surface area contributed by atoms with E-state index in [1.807, 2.05) is 6.07 Å². The molecule has 0 spiro atoms. The summed E-state index contributed by atoms with van der Waals surface area (Å²) < 4.78 is 13.6. The fraction of sp³-hybridized carbons (Fsp3) is 0.211. The minimum absolute atomic E-state index is 0.0619. The van der Waals surface area contributed by atoms with Gasteiger partial charge in [-0.05, 0) is 25.1 Å². The molecule has 25 heavy (non-hydrogen) atoms. The van der Waals surface area contributed by atoms with Crippen LogP contribution in [-0.4, -0.2) is 23.6 Å². The van der Waals surface area contributed by atoms with Gasteiger partial charge in [-0.25, -0.2) is 4.39 Å². The van der Waals surface area contributed by atoms with E-state index in [1.54, 1.807) is 31.2 Å². The number of halogens is 1. The third kappa shape index (κ3) is 5.24. The maximum atomic E-state index is 13.6. The molecule has 0 heterocycles. The number of hydrogen-bond donors (Lipinski definition) is 2. The summed E-state index contributed by atoms with van der Waals surface area (Å²) in [7, 11) is 0. The molecule has 0 aliphatic heterocycles. The first-order valence-electron chi connectivity index (χ1n) is 7.83. The fourth-order valence-electron chi connectivity index (χ4n) is 2.33. The maximum Gasteiger partial charge on any atom is 0.251 e. The van der Waals surface area contributed by atoms with Crippen molar-refractivity contribution in [3.63, 3.8) is 0 Å². The molecule has 0 saturated carbocycles. The third-order valence-electron chi connectivity index (χ3n) is 3.50. The number of hydrogen-bond acceptors (Lipinski definition) is 3. The smallest absolute Gasteiger partial charge is 0.251 e. The normalized spacial score (nSPS) is 11.5. The highest BCUT2D eigenvalue weighted by molar-refractivity contribution is 5.99. The third-order valence-corrected chi connectivity index (χ3v) is 3.50. The molecule has 0 saturated heterocycles. The largest absolute Gasteiger partial charge is 0.349 e. The van der Waals surface area contributed by atoms with E-state index in [0.29, 0.717) is 5.56 Å². The summed E-state index contributed by atoms with van der Waals surface area (Å²) in [5, 5.41) is 5.03. The number of rotatable bonds is 6. The van der Waals surface area contributed by atoms with Gasteiger partial charge in [0.15, 0.2) is 5.78 Å². The van der Waals surface area contributed by atoms with Crippen LogP contribution in [0.2, 0.25) is 0 Å². The molecule has 0 aliphatic carbocycles. The van der Waals surface area contributed by atoms with Crippen molar-refractivity contribution < 1.29 is 18.8 Å². The van der Waals surface area contributed by atoms with Gasteiger partial charge in [0.2, 0.25) is 5.91 Å². The highest BCUT2D eigenvalue weighted by Crippen LogP contribution is 2.16. The Hall–Kier alpha value is -3.02. The number of amides is 2. The second-order valence-corrected chi connectivity index (χ2v) is 5.74. The minimum Gasteiger partial charge on any atom is -0.349 e. The number of Topliss-reactive ketones (excluding diaryl/α,β-unsaturated/α-hetero) is 1. The lowest BCUT2D eigenvalue weighted by Crippen LogP contribution is -2.34. The zero-order valence-corrected chi connectivity index (χ0v) is 14.0. The van der Waals surface area contributed by atoms with Gasteiger partial charge in [-0.2, -0.15) is 0 Å². The summed E-state index contributed by atoms with van der Waals surface area (Å²) >= 11 is 0. The van der Waals surface area contributed by atoms with Gasteiger partial charge >= 0.3 is 0 Å². The first-order chi connectivity index (χ1) is 11.9. The van der Waals surface area contributed by atoms with E-state index >= 15 is 0 Å². The lowest BCUT2D eigenvalue weighted by atomic mass is 10.0. The average Bonchev–Trinajstić information content (AvgIpc) is 2.57. The van der Waals surface area contributed by atoms with Crippen LogP contribution >= 0.6 is 0 Å². The highest BCUT2D eigenvalue weighted by Gasteiger charge is 2.16. The Morgan fingerprint density at radius 2 is 1.72 bits per heavy atom. The van der Waals surface area contributed by atoms with Crippen LogP contribution in [-0.2, 0) is 4.79 Å². The standard InChI is InChI=1S/C19H19FN2O3/c1-12(10-18(24)14-6-4-3-5-7-14)21-19(25)15-8-9-16(20)17(11-15)22-13(2)23/h3-9,11-12H,10H2,1-2H3,(H,21,25)(H,22,23)/t12-/m1/s1. The molecule has 0 aromatic heterocycles. The van der Waals surface area contributed by atoms with Crippen molar-refractivity contribution in [3.8, 4) is 0 Å². The summed E-state index contributed by atoms with van der Waals surface area (Å²) in [4.78, 5) is 35.5. The van der Waals surface area contributed by atoms with Crippen LogP contribution in [0.1, 0.15) is 41.0 Å². The van der Waals surface area contributed by atoms with Crippen LogP contribution in [0, 0.1) is 5.82 Å². The van der Waals surface area contributed by atoms with Crippen LogP contribution in [0.25, 0.3) is 0 Å². The molecule has 0 fully saturated rings. The van der Waals surface area contributed by atoms with Crippen molar-refractivity contribution in [2.24, 2.45) is 0 Å². The first kappa shape index (κ1) is 18.3. The fourth-order valence-corrected chi connectivity index (χ4v) is 2.33. The number of benzene rings is 2. The van der Waals surface area contributed by atoms with Gasteiger partial charge in [-0.15, -0.1) is 0 Å². The minimum atomic E-state index is -0.626. The predicted octanol–water partition coefficient (Wildman–Crippen LogP) is 3.18. The summed E-state index contributed by atoms with van der Waals surface area (Å²) in [5.41, 5.74) is 0.718. The zero-order chi connectivity index (χ0) is 18.4. The van der Waals surface area contributed by atoms with Crippen LogP contribution in [0.15, 0.2) is 48.5 Å². The number of carbonyl (C=O) groups excluding carboxylic acids is 3. The number of ketones is 1. The Morgan fingerprint density at radius 1 is 1.04 bits per heavy atom. The van der Waals surface area contributed by atoms with E-state index in [-0.39, 0.29) is 23.5 Å². The summed E-state index contributed by atoms with van der Waals surface area (Å²) in [5.74, 6) is -1.58. The quantitative estimate of drug-likeness (QED) is 0.792. The van der Waals surface area contributed by atoms with E-state index < -0.39 is 23.7 Å². The van der Waals surface area contributed by atoms with Gasteiger partial charge in [0.05, 0.1) is 5.69 Å². The van der Waals surface area contributed by atoms with E-state index in [4.69, 9.17) is 0 Å². The topological polar surface area (TPSA) is 75.3 Å². The van der Waals surface area contributed by atoms with E-state index in [2.05, 4.69) is 10.6 Å². The van der Waals surface area contributed by atoms with Crippen LogP contribution in [0.3, 0.4) is 0 Å². The molecule has 5 nitrogen and oxygen atoms in total. The van der Waals surface area contributed by atoms with Crippen LogP contribution in [0.4, 0.5) is 10.1 Å². The lowest BCUT2D eigenvalue weighted by molar-refractivity contribution is -0.114. The maximum absolute atomic E-state index is 13.6. The highest BCUT2D eigenvalue weighted by atomic mass is 19.1. The monoisotopic (exact) mass is 342 g/mol. The summed E-state index contributed by atoms with van der Waals surface area (Å²) in [6.45, 7) is 2.97. The Kier molecular flexibility index (Phi) is 6.00. The van der Waals surface area contributed by atoms with Crippen molar-refractivity contribution in [1.29, 1.82) is 0 Å². The first-order valence-corrected chi connectivity index (χ1v) is 7.83. The SMILES string of the molecule is CC(=O)Nc1cc(C(=O)N[C@H](C)CC(=O)c2ccccc2)ccc1F. The average molecular weight is 342 g/mol. The summed E-state index contributed by atoms with van der Waals surface area (Å²) in [6.07, 6.45) is 0.148. The Bertz CT molecular complexity index is 791. The molecule has 0 aliphatic rings. The number of nitrogens with one attached hydrogen (secondary N) is 2. The molecule has 2 N–H and O–H groups in total. The molecular weight excluding hydrogens is 323 g/mol. The van der Waals surface area contributed by atoms with E-state index in [0.717, 1.165) is 6.07 Å². The van der Waals surface area contributed by atoms with Crippen LogP contribution < -0.4 is 10.6 Å². The van der Waals surface area contributed by atoms with Gasteiger partial charge in [-0.1, -0.05) is 30.3 Å². The molecule has 0 unspecified atom stereocenters.